The highest BCUT2D eigenvalue weighted by molar-refractivity contribution is 6.33. The molecule has 3 aromatic rings. The quantitative estimate of drug-likeness (QED) is 0.633. The highest BCUT2D eigenvalue weighted by atomic mass is 35.5. The molecule has 1 fully saturated rings. The van der Waals surface area contributed by atoms with Gasteiger partial charge in [0.1, 0.15) is 0 Å². The van der Waals surface area contributed by atoms with Crippen molar-refractivity contribution in [2.75, 3.05) is 18.0 Å². The molecule has 0 bridgehead atoms. The van der Waals surface area contributed by atoms with Gasteiger partial charge in [-0.1, -0.05) is 23.7 Å². The van der Waals surface area contributed by atoms with E-state index in [2.05, 4.69) is 15.4 Å². The molecule has 160 valence electrons. The second-order valence-corrected chi connectivity index (χ2v) is 7.84. The summed E-state index contributed by atoms with van der Waals surface area (Å²) in [4.78, 5) is 31.0. The van der Waals surface area contributed by atoms with E-state index in [1.807, 2.05) is 0 Å². The summed E-state index contributed by atoms with van der Waals surface area (Å²) in [6, 6.07) is 10.2. The number of aromatic nitrogens is 3. The average molecular weight is 440 g/mol. The van der Waals surface area contributed by atoms with Crippen LogP contribution in [0.3, 0.4) is 0 Å². The molecule has 2 aromatic heterocycles. The van der Waals surface area contributed by atoms with Gasteiger partial charge >= 0.3 is 5.97 Å². The van der Waals surface area contributed by atoms with Gasteiger partial charge in [0, 0.05) is 37.1 Å². The number of piperidine rings is 1. The van der Waals surface area contributed by atoms with Crippen LogP contribution in [0.4, 0.5) is 5.82 Å². The summed E-state index contributed by atoms with van der Waals surface area (Å²) >= 11 is 6.38. The van der Waals surface area contributed by atoms with Gasteiger partial charge in [-0.2, -0.15) is 5.10 Å². The number of pyridine rings is 1. The van der Waals surface area contributed by atoms with Crippen LogP contribution in [-0.4, -0.2) is 50.9 Å². The number of halogens is 1. The summed E-state index contributed by atoms with van der Waals surface area (Å²) in [6.45, 7) is 1.58. The van der Waals surface area contributed by atoms with E-state index in [-0.39, 0.29) is 17.6 Å². The monoisotopic (exact) mass is 439 g/mol. The number of hydrogen-bond donors (Lipinski definition) is 2. The standard InChI is InChI=1S/C22H22ClN5O3/c1-27-13-17(19(26-27)22(30)31)14-6-8-15(9-7-14)21(29)28(16-4-2-10-24-12-16)20-18(23)5-3-11-25-20/h3,5-9,11,13,16,24H,2,4,10,12H2,1H3,(H,30,31)/t16-/m1/s1. The first-order chi connectivity index (χ1) is 15.0. The summed E-state index contributed by atoms with van der Waals surface area (Å²) < 4.78 is 1.46. The Balaban J connectivity index is 1.68. The number of anilines is 1. The Kier molecular flexibility index (Phi) is 6.01. The zero-order chi connectivity index (χ0) is 22.0. The van der Waals surface area contributed by atoms with Crippen molar-refractivity contribution in [1.29, 1.82) is 0 Å². The van der Waals surface area contributed by atoms with E-state index in [1.165, 1.54) is 4.68 Å². The van der Waals surface area contributed by atoms with Crippen LogP contribution in [0, 0.1) is 0 Å². The van der Waals surface area contributed by atoms with Gasteiger partial charge in [-0.3, -0.25) is 14.4 Å². The minimum Gasteiger partial charge on any atom is -0.476 e. The van der Waals surface area contributed by atoms with Crippen LogP contribution < -0.4 is 10.2 Å². The molecule has 31 heavy (non-hydrogen) atoms. The van der Waals surface area contributed by atoms with Crippen molar-refractivity contribution >= 4 is 29.3 Å². The molecular weight excluding hydrogens is 418 g/mol. The molecule has 4 rings (SSSR count). The van der Waals surface area contributed by atoms with E-state index in [9.17, 15) is 14.7 Å². The molecular formula is C22H22ClN5O3. The molecule has 1 atom stereocenters. The van der Waals surface area contributed by atoms with Crippen molar-refractivity contribution in [1.82, 2.24) is 20.1 Å². The van der Waals surface area contributed by atoms with E-state index in [0.717, 1.165) is 19.4 Å². The maximum Gasteiger partial charge on any atom is 0.357 e. The minimum absolute atomic E-state index is 0.0308. The number of carboxylic acids is 1. The molecule has 0 radical (unpaired) electrons. The second-order valence-electron chi connectivity index (χ2n) is 7.43. The molecule has 3 heterocycles. The number of hydrogen-bond acceptors (Lipinski definition) is 5. The molecule has 9 heteroatoms. The minimum atomic E-state index is -1.10. The highest BCUT2D eigenvalue weighted by Gasteiger charge is 2.30. The lowest BCUT2D eigenvalue weighted by molar-refractivity contribution is 0.0690. The number of aromatic carboxylic acids is 1. The third kappa shape index (κ3) is 4.30. The van der Waals surface area contributed by atoms with E-state index in [4.69, 9.17) is 11.6 Å². The Morgan fingerprint density at radius 1 is 1.26 bits per heavy atom. The van der Waals surface area contributed by atoms with Gasteiger partial charge in [0.25, 0.3) is 5.91 Å². The van der Waals surface area contributed by atoms with Crippen LogP contribution in [0.25, 0.3) is 11.1 Å². The first kappa shape index (κ1) is 21.0. The van der Waals surface area contributed by atoms with Crippen LogP contribution in [0.15, 0.2) is 48.8 Å². The summed E-state index contributed by atoms with van der Waals surface area (Å²) in [5.74, 6) is -0.866. The number of carbonyl (C=O) groups excluding carboxylic acids is 1. The molecule has 0 aliphatic carbocycles. The molecule has 1 saturated heterocycles. The molecule has 1 aliphatic heterocycles. The summed E-state index contributed by atoms with van der Waals surface area (Å²) in [6.07, 6.45) is 5.07. The summed E-state index contributed by atoms with van der Waals surface area (Å²) in [5, 5.41) is 17.1. The second kappa shape index (κ2) is 8.87. The largest absolute Gasteiger partial charge is 0.476 e. The van der Waals surface area contributed by atoms with Crippen molar-refractivity contribution in [3.63, 3.8) is 0 Å². The maximum absolute atomic E-state index is 13.5. The number of aryl methyl sites for hydroxylation is 1. The molecule has 1 amide bonds. The molecule has 1 aliphatic rings. The summed E-state index contributed by atoms with van der Waals surface area (Å²) in [7, 11) is 1.67. The number of benzene rings is 1. The van der Waals surface area contributed by atoms with Crippen LogP contribution in [0.1, 0.15) is 33.7 Å². The van der Waals surface area contributed by atoms with E-state index >= 15 is 0 Å². The number of amides is 1. The van der Waals surface area contributed by atoms with E-state index in [1.54, 1.807) is 60.7 Å². The van der Waals surface area contributed by atoms with Gasteiger partial charge in [-0.05, 0) is 49.2 Å². The first-order valence-corrected chi connectivity index (χ1v) is 10.4. The zero-order valence-corrected chi connectivity index (χ0v) is 17.7. The van der Waals surface area contributed by atoms with E-state index in [0.29, 0.717) is 34.1 Å². The topological polar surface area (TPSA) is 100 Å². The van der Waals surface area contributed by atoms with Crippen molar-refractivity contribution < 1.29 is 14.7 Å². The Labute approximate surface area is 184 Å². The van der Waals surface area contributed by atoms with Crippen molar-refractivity contribution in [3.05, 3.63) is 65.1 Å². The fraction of sp³-hybridized carbons (Fsp3) is 0.273. The fourth-order valence-corrected chi connectivity index (χ4v) is 4.05. The molecule has 2 N–H and O–H groups in total. The number of carboxylic acid groups (broad SMARTS) is 1. The van der Waals surface area contributed by atoms with Gasteiger partial charge < -0.3 is 10.4 Å². The van der Waals surface area contributed by atoms with Gasteiger partial charge in [0.15, 0.2) is 11.5 Å². The van der Waals surface area contributed by atoms with Gasteiger partial charge in [-0.25, -0.2) is 9.78 Å². The Morgan fingerprint density at radius 3 is 2.68 bits per heavy atom. The van der Waals surface area contributed by atoms with E-state index < -0.39 is 5.97 Å². The van der Waals surface area contributed by atoms with Crippen LogP contribution in [-0.2, 0) is 7.05 Å². The van der Waals surface area contributed by atoms with Gasteiger partial charge in [-0.15, -0.1) is 0 Å². The van der Waals surface area contributed by atoms with Crippen molar-refractivity contribution in [2.24, 2.45) is 7.05 Å². The molecule has 0 spiro atoms. The predicted octanol–water partition coefficient (Wildman–Crippen LogP) is 3.23. The predicted molar refractivity (Wildman–Crippen MR) is 118 cm³/mol. The third-order valence-electron chi connectivity index (χ3n) is 5.30. The number of rotatable bonds is 5. The Morgan fingerprint density at radius 2 is 2.03 bits per heavy atom. The van der Waals surface area contributed by atoms with Crippen LogP contribution in [0.2, 0.25) is 5.02 Å². The van der Waals surface area contributed by atoms with Gasteiger partial charge in [0.05, 0.1) is 11.1 Å². The normalized spacial score (nSPS) is 16.1. The number of nitrogens with one attached hydrogen (secondary N) is 1. The van der Waals surface area contributed by atoms with Gasteiger partial charge in [0.2, 0.25) is 0 Å². The zero-order valence-electron chi connectivity index (χ0n) is 17.0. The van der Waals surface area contributed by atoms with Crippen molar-refractivity contribution in [2.45, 2.75) is 18.9 Å². The van der Waals surface area contributed by atoms with Crippen LogP contribution in [0.5, 0.6) is 0 Å². The highest BCUT2D eigenvalue weighted by Crippen LogP contribution is 2.29. The molecule has 0 unspecified atom stereocenters. The maximum atomic E-state index is 13.5. The smallest absolute Gasteiger partial charge is 0.357 e. The lowest BCUT2D eigenvalue weighted by Crippen LogP contribution is -2.49. The molecule has 1 aromatic carbocycles. The lowest BCUT2D eigenvalue weighted by atomic mass is 10.0. The average Bonchev–Trinajstić information content (AvgIpc) is 3.18. The third-order valence-corrected chi connectivity index (χ3v) is 5.59. The Bertz CT molecular complexity index is 1110. The summed E-state index contributed by atoms with van der Waals surface area (Å²) in [5.41, 5.74) is 1.60. The molecule has 8 nitrogen and oxygen atoms in total. The van der Waals surface area contributed by atoms with Crippen LogP contribution >= 0.6 is 11.6 Å². The SMILES string of the molecule is Cn1cc(-c2ccc(C(=O)N(c3ncccc3Cl)[C@@H]3CCCNC3)cc2)c(C(=O)O)n1. The number of carbonyl (C=O) groups is 2. The fourth-order valence-electron chi connectivity index (χ4n) is 3.83. The Hall–Kier alpha value is -3.23. The lowest BCUT2D eigenvalue weighted by Gasteiger charge is -2.34. The number of nitrogens with zero attached hydrogens (tertiary/aromatic N) is 4. The molecule has 0 saturated carbocycles. The first-order valence-electron chi connectivity index (χ1n) is 9.98. The van der Waals surface area contributed by atoms with Crippen molar-refractivity contribution in [3.8, 4) is 11.1 Å².